The third-order valence-electron chi connectivity index (χ3n) is 7.91. The predicted octanol–water partition coefficient (Wildman–Crippen LogP) is 3.86. The summed E-state index contributed by atoms with van der Waals surface area (Å²) in [5.74, 6) is 0.507. The lowest BCUT2D eigenvalue weighted by atomic mass is 9.98. The van der Waals surface area contributed by atoms with E-state index in [1.807, 2.05) is 56.0 Å². The molecule has 2 aliphatic heterocycles. The number of carbonyl (C=O) groups excluding carboxylic acids is 2. The average molecular weight is 631 g/mol. The number of rotatable bonds is 15. The number of likely N-dealkylation sites (tertiary alicyclic amines) is 1. The molecule has 0 spiro atoms. The van der Waals surface area contributed by atoms with Crippen LogP contribution in [0.1, 0.15) is 64.9 Å². The number of nitrogens with one attached hydrogen (secondary N) is 2. The van der Waals surface area contributed by atoms with E-state index in [0.717, 1.165) is 35.8 Å². The van der Waals surface area contributed by atoms with Crippen LogP contribution in [0.3, 0.4) is 0 Å². The van der Waals surface area contributed by atoms with E-state index < -0.39 is 15.7 Å². The fourth-order valence-electron chi connectivity index (χ4n) is 5.57. The highest BCUT2D eigenvalue weighted by molar-refractivity contribution is 7.89. The van der Waals surface area contributed by atoms with Gasteiger partial charge in [-0.1, -0.05) is 44.2 Å². The van der Waals surface area contributed by atoms with Gasteiger partial charge in [0.25, 0.3) is 0 Å². The molecule has 3 amide bonds. The Morgan fingerprint density at radius 2 is 1.75 bits per heavy atom. The lowest BCUT2D eigenvalue weighted by Gasteiger charge is -2.40. The number of aliphatic hydroxyl groups is 1. The highest BCUT2D eigenvalue weighted by Crippen LogP contribution is 2.37. The molecule has 2 aromatic carbocycles. The number of urea groups is 1. The first-order valence-corrected chi connectivity index (χ1v) is 16.9. The van der Waals surface area contributed by atoms with E-state index in [2.05, 4.69) is 10.6 Å². The van der Waals surface area contributed by atoms with E-state index in [0.29, 0.717) is 24.3 Å². The zero-order valence-electron chi connectivity index (χ0n) is 26.0. The summed E-state index contributed by atoms with van der Waals surface area (Å²) < 4.78 is 40.2. The zero-order valence-corrected chi connectivity index (χ0v) is 26.8. The summed E-state index contributed by atoms with van der Waals surface area (Å²) in [5, 5.41) is 18.1. The quantitative estimate of drug-likeness (QED) is 0.254. The van der Waals surface area contributed by atoms with Gasteiger partial charge in [-0.15, -0.1) is 0 Å². The maximum Gasteiger partial charge on any atom is 0.317 e. The molecule has 0 bridgehead atoms. The molecule has 2 aliphatic rings. The van der Waals surface area contributed by atoms with E-state index in [1.54, 1.807) is 6.07 Å². The van der Waals surface area contributed by atoms with Crippen molar-refractivity contribution in [2.24, 2.45) is 5.92 Å². The molecule has 12 heteroatoms. The Morgan fingerprint density at radius 3 is 2.45 bits per heavy atom. The molecular weight excluding hydrogens is 584 g/mol. The van der Waals surface area contributed by atoms with Crippen LogP contribution in [0.5, 0.6) is 11.5 Å². The largest absolute Gasteiger partial charge is 0.454 e. The van der Waals surface area contributed by atoms with Crippen molar-refractivity contribution in [2.75, 3.05) is 33.0 Å². The first-order chi connectivity index (χ1) is 21.0. The van der Waals surface area contributed by atoms with E-state index in [1.165, 1.54) is 12.1 Å². The van der Waals surface area contributed by atoms with Crippen LogP contribution in [0.4, 0.5) is 4.79 Å². The van der Waals surface area contributed by atoms with Crippen molar-refractivity contribution in [3.8, 4) is 11.5 Å². The lowest BCUT2D eigenvalue weighted by Crippen LogP contribution is -2.55. The van der Waals surface area contributed by atoms with Gasteiger partial charge in [0, 0.05) is 57.5 Å². The van der Waals surface area contributed by atoms with Gasteiger partial charge in [-0.25, -0.2) is 13.2 Å². The predicted molar refractivity (Wildman–Crippen MR) is 167 cm³/mol. The highest BCUT2D eigenvalue weighted by atomic mass is 32.2. The fraction of sp³-hybridized carbons (Fsp3) is 0.562. The van der Waals surface area contributed by atoms with Crippen molar-refractivity contribution in [1.82, 2.24) is 19.8 Å². The fourth-order valence-corrected chi connectivity index (χ4v) is 7.41. The van der Waals surface area contributed by atoms with Crippen LogP contribution in [-0.4, -0.2) is 79.4 Å². The van der Waals surface area contributed by atoms with Gasteiger partial charge < -0.3 is 30.1 Å². The summed E-state index contributed by atoms with van der Waals surface area (Å²) in [7, 11) is -4.19. The molecule has 2 atom stereocenters. The molecule has 0 radical (unpaired) electrons. The van der Waals surface area contributed by atoms with Gasteiger partial charge >= 0.3 is 6.03 Å². The maximum atomic E-state index is 14.1. The van der Waals surface area contributed by atoms with Crippen LogP contribution in [0.15, 0.2) is 53.4 Å². The third kappa shape index (κ3) is 8.86. The Morgan fingerprint density at radius 1 is 1.05 bits per heavy atom. The minimum absolute atomic E-state index is 0.0103. The molecule has 0 aromatic heterocycles. The molecular formula is C32H46N4O7S. The Bertz CT molecular complexity index is 1370. The Balaban J connectivity index is 1.42. The van der Waals surface area contributed by atoms with Gasteiger partial charge in [0.15, 0.2) is 11.5 Å². The number of nitrogens with zero attached hydrogens (tertiary/aromatic N) is 2. The molecule has 4 rings (SSSR count). The lowest BCUT2D eigenvalue weighted by molar-refractivity contribution is -0.121. The molecule has 11 nitrogen and oxygen atoms in total. The second-order valence-electron chi connectivity index (χ2n) is 12.1. The third-order valence-corrected chi connectivity index (χ3v) is 9.83. The average Bonchev–Trinajstić information content (AvgIpc) is 3.69. The van der Waals surface area contributed by atoms with Crippen molar-refractivity contribution in [3.63, 3.8) is 0 Å². The van der Waals surface area contributed by atoms with Crippen LogP contribution >= 0.6 is 0 Å². The molecule has 3 N–H and O–H groups in total. The van der Waals surface area contributed by atoms with Crippen molar-refractivity contribution < 1.29 is 32.6 Å². The first kappa shape index (κ1) is 33.5. The van der Waals surface area contributed by atoms with E-state index in [-0.39, 0.29) is 67.9 Å². The van der Waals surface area contributed by atoms with Crippen molar-refractivity contribution in [2.45, 2.75) is 82.4 Å². The number of amides is 3. The summed E-state index contributed by atoms with van der Waals surface area (Å²) in [4.78, 5) is 26.8. The molecule has 44 heavy (non-hydrogen) atoms. The van der Waals surface area contributed by atoms with Gasteiger partial charge in [-0.3, -0.25) is 4.79 Å². The van der Waals surface area contributed by atoms with Crippen LogP contribution in [0.25, 0.3) is 0 Å². The van der Waals surface area contributed by atoms with E-state index in [4.69, 9.17) is 9.47 Å². The van der Waals surface area contributed by atoms with Gasteiger partial charge in [0.2, 0.25) is 22.7 Å². The van der Waals surface area contributed by atoms with Gasteiger partial charge in [0.05, 0.1) is 4.90 Å². The second-order valence-corrected chi connectivity index (χ2v) is 14.0. The van der Waals surface area contributed by atoms with E-state index in [9.17, 15) is 23.1 Å². The summed E-state index contributed by atoms with van der Waals surface area (Å²) in [6, 6.07) is 13.5. The normalized spacial score (nSPS) is 16.6. The zero-order chi connectivity index (χ0) is 31.7. The molecule has 1 fully saturated rings. The van der Waals surface area contributed by atoms with Crippen LogP contribution in [0.2, 0.25) is 0 Å². The van der Waals surface area contributed by atoms with Crippen molar-refractivity contribution in [3.05, 3.63) is 54.1 Å². The monoisotopic (exact) mass is 630 g/mol. The molecule has 2 aromatic rings. The summed E-state index contributed by atoms with van der Waals surface area (Å²) in [5.41, 5.74) is -1.07. The van der Waals surface area contributed by atoms with E-state index >= 15 is 0 Å². The number of hydrogen-bond donors (Lipinski definition) is 3. The number of hydrogen-bond acceptors (Lipinski definition) is 7. The number of fused-ring (bicyclic) bond motifs is 1. The van der Waals surface area contributed by atoms with Crippen LogP contribution in [-0.2, 0) is 21.2 Å². The number of sulfonamides is 1. The molecule has 1 saturated heterocycles. The maximum absolute atomic E-state index is 14.1. The van der Waals surface area contributed by atoms with Gasteiger partial charge in [-0.2, -0.15) is 4.31 Å². The standard InChI is InChI=1S/C32H46N4O7S/c1-24(2)22-36(44(40,41)27-14-15-28-29(20-27)43-23-42-28)32(39,21-26-11-5-4-6-12-26)16-17-33-30(37)13-9-10-25(3)34-31(38)35-18-7-8-19-35/h4-6,11-12,14-15,20,24-25,39H,7-10,13,16-19,21-23H2,1-3H3,(H,33,37)(H,34,38). The van der Waals surface area contributed by atoms with Crippen LogP contribution in [0, 0.1) is 5.92 Å². The molecule has 0 saturated carbocycles. The molecule has 2 heterocycles. The summed E-state index contributed by atoms with van der Waals surface area (Å²) >= 11 is 0. The molecule has 0 aliphatic carbocycles. The van der Waals surface area contributed by atoms with Crippen LogP contribution < -0.4 is 20.1 Å². The number of ether oxygens (including phenoxy) is 2. The summed E-state index contributed by atoms with van der Waals surface area (Å²) in [6.07, 6.45) is 3.57. The topological polar surface area (TPSA) is 138 Å². The number of carbonyl (C=O) groups is 2. The number of benzene rings is 2. The Kier molecular flexibility index (Phi) is 11.5. The Hall–Kier alpha value is -3.35. The SMILES string of the molecule is CC(C)CN(C(O)(CCNC(=O)CCCC(C)NC(=O)N1CCCC1)Cc1ccccc1)S(=O)(=O)c1ccc2c(c1)OCO2. The molecule has 242 valence electrons. The smallest absolute Gasteiger partial charge is 0.317 e. The summed E-state index contributed by atoms with van der Waals surface area (Å²) in [6.45, 7) is 7.43. The second kappa shape index (κ2) is 15.1. The van der Waals surface area contributed by atoms with Gasteiger partial charge in [-0.05, 0) is 56.2 Å². The minimum atomic E-state index is -4.19. The Labute approximate surface area is 261 Å². The highest BCUT2D eigenvalue weighted by Gasteiger charge is 2.43. The van der Waals surface area contributed by atoms with Crippen molar-refractivity contribution in [1.29, 1.82) is 0 Å². The van der Waals surface area contributed by atoms with Crippen molar-refractivity contribution >= 4 is 22.0 Å². The van der Waals surface area contributed by atoms with Gasteiger partial charge in [0.1, 0.15) is 5.72 Å². The molecule has 2 unspecified atom stereocenters. The first-order valence-electron chi connectivity index (χ1n) is 15.5. The minimum Gasteiger partial charge on any atom is -0.454 e.